The first-order valence-electron chi connectivity index (χ1n) is 7.28. The van der Waals surface area contributed by atoms with Gasteiger partial charge in [-0.05, 0) is 63.4 Å². The lowest BCUT2D eigenvalue weighted by Gasteiger charge is -2.35. The summed E-state index contributed by atoms with van der Waals surface area (Å²) in [7, 11) is 3.79. The minimum absolute atomic E-state index is 0.798. The Morgan fingerprint density at radius 1 is 1.42 bits per heavy atom. The molecule has 0 radical (unpaired) electrons. The minimum atomic E-state index is 0.798. The van der Waals surface area contributed by atoms with Crippen molar-refractivity contribution in [3.8, 4) is 5.75 Å². The molecule has 1 saturated heterocycles. The highest BCUT2D eigenvalue weighted by Gasteiger charge is 2.21. The lowest BCUT2D eigenvalue weighted by molar-refractivity contribution is 0.378. The van der Waals surface area contributed by atoms with E-state index in [2.05, 4.69) is 35.3 Å². The molecule has 1 aliphatic rings. The van der Waals surface area contributed by atoms with Crippen LogP contribution in [0.25, 0.3) is 0 Å². The van der Waals surface area contributed by atoms with Gasteiger partial charge in [0.2, 0.25) is 0 Å². The molecule has 0 amide bonds. The SMILES string of the molecule is CNCCC1CCCN(c2cc(C)ccc2OC)C1. The average molecular weight is 262 g/mol. The molecule has 106 valence electrons. The zero-order valence-corrected chi connectivity index (χ0v) is 12.4. The summed E-state index contributed by atoms with van der Waals surface area (Å²) in [6.45, 7) is 5.56. The normalized spacial score (nSPS) is 19.5. The average Bonchev–Trinajstić information content (AvgIpc) is 2.45. The van der Waals surface area contributed by atoms with Crippen LogP contribution < -0.4 is 15.0 Å². The van der Waals surface area contributed by atoms with E-state index in [9.17, 15) is 0 Å². The highest BCUT2D eigenvalue weighted by Crippen LogP contribution is 2.33. The van der Waals surface area contributed by atoms with Crippen molar-refractivity contribution in [1.82, 2.24) is 5.32 Å². The molecule has 1 unspecified atom stereocenters. The van der Waals surface area contributed by atoms with E-state index in [0.717, 1.165) is 31.3 Å². The summed E-state index contributed by atoms with van der Waals surface area (Å²) >= 11 is 0. The monoisotopic (exact) mass is 262 g/mol. The number of hydrogen-bond acceptors (Lipinski definition) is 3. The number of ether oxygens (including phenoxy) is 1. The standard InChI is InChI=1S/C16H26N2O/c1-13-6-7-16(19-3)15(11-13)18-10-4-5-14(12-18)8-9-17-2/h6-7,11,14,17H,4-5,8-10,12H2,1-3H3. The predicted molar refractivity (Wildman–Crippen MR) is 81.2 cm³/mol. The van der Waals surface area contributed by atoms with E-state index in [0.29, 0.717) is 0 Å². The largest absolute Gasteiger partial charge is 0.495 e. The smallest absolute Gasteiger partial charge is 0.142 e. The first kappa shape index (κ1) is 14.2. The van der Waals surface area contributed by atoms with Crippen molar-refractivity contribution in [2.75, 3.05) is 38.7 Å². The van der Waals surface area contributed by atoms with Gasteiger partial charge >= 0.3 is 0 Å². The Hall–Kier alpha value is -1.22. The van der Waals surface area contributed by atoms with Crippen LogP contribution in [0.2, 0.25) is 0 Å². The third-order valence-corrected chi connectivity index (χ3v) is 4.00. The number of anilines is 1. The summed E-state index contributed by atoms with van der Waals surface area (Å²) in [6, 6.07) is 6.45. The molecule has 1 N–H and O–H groups in total. The molecule has 0 aromatic heterocycles. The molecular weight excluding hydrogens is 236 g/mol. The Morgan fingerprint density at radius 2 is 2.26 bits per heavy atom. The molecule has 19 heavy (non-hydrogen) atoms. The van der Waals surface area contributed by atoms with Gasteiger partial charge in [-0.2, -0.15) is 0 Å². The van der Waals surface area contributed by atoms with Crippen LogP contribution in [0.1, 0.15) is 24.8 Å². The quantitative estimate of drug-likeness (QED) is 0.883. The number of benzene rings is 1. The molecule has 1 aromatic carbocycles. The zero-order chi connectivity index (χ0) is 13.7. The molecule has 3 nitrogen and oxygen atoms in total. The zero-order valence-electron chi connectivity index (χ0n) is 12.4. The second kappa shape index (κ2) is 6.80. The Balaban J connectivity index is 2.10. The van der Waals surface area contributed by atoms with Gasteiger partial charge < -0.3 is 15.0 Å². The third-order valence-electron chi connectivity index (χ3n) is 4.00. The Bertz CT molecular complexity index is 406. The number of methoxy groups -OCH3 is 1. The van der Waals surface area contributed by atoms with Gasteiger partial charge in [0.15, 0.2) is 0 Å². The molecule has 3 heteroatoms. The van der Waals surface area contributed by atoms with Crippen molar-refractivity contribution in [1.29, 1.82) is 0 Å². The summed E-state index contributed by atoms with van der Waals surface area (Å²) in [5.74, 6) is 1.80. The van der Waals surface area contributed by atoms with Crippen molar-refractivity contribution in [2.45, 2.75) is 26.2 Å². The molecular formula is C16H26N2O. The van der Waals surface area contributed by atoms with Crippen molar-refractivity contribution in [3.63, 3.8) is 0 Å². The second-order valence-corrected chi connectivity index (χ2v) is 5.52. The van der Waals surface area contributed by atoms with Gasteiger partial charge in [0.05, 0.1) is 12.8 Å². The van der Waals surface area contributed by atoms with E-state index in [1.54, 1.807) is 7.11 Å². The Morgan fingerprint density at radius 3 is 3.00 bits per heavy atom. The minimum Gasteiger partial charge on any atom is -0.495 e. The molecule has 1 aliphatic heterocycles. The van der Waals surface area contributed by atoms with Gasteiger partial charge in [0.1, 0.15) is 5.75 Å². The van der Waals surface area contributed by atoms with E-state index in [4.69, 9.17) is 4.74 Å². The summed E-state index contributed by atoms with van der Waals surface area (Å²) in [5, 5.41) is 3.26. The molecule has 2 rings (SSSR count). The van der Waals surface area contributed by atoms with Gasteiger partial charge in [0, 0.05) is 13.1 Å². The molecule has 0 bridgehead atoms. The Kier molecular flexibility index (Phi) is 5.08. The highest BCUT2D eigenvalue weighted by molar-refractivity contribution is 5.60. The van der Waals surface area contributed by atoms with Gasteiger partial charge in [0.25, 0.3) is 0 Å². The van der Waals surface area contributed by atoms with E-state index < -0.39 is 0 Å². The maximum atomic E-state index is 5.52. The van der Waals surface area contributed by atoms with Crippen LogP contribution in [0.15, 0.2) is 18.2 Å². The summed E-state index contributed by atoms with van der Waals surface area (Å²) in [4.78, 5) is 2.50. The number of rotatable bonds is 5. The van der Waals surface area contributed by atoms with Crippen molar-refractivity contribution in [2.24, 2.45) is 5.92 Å². The number of aryl methyl sites for hydroxylation is 1. The molecule has 0 aliphatic carbocycles. The number of nitrogens with one attached hydrogen (secondary N) is 1. The maximum absolute atomic E-state index is 5.52. The summed E-state index contributed by atoms with van der Waals surface area (Å²) < 4.78 is 5.52. The molecule has 0 spiro atoms. The van der Waals surface area contributed by atoms with Crippen LogP contribution in [-0.2, 0) is 0 Å². The van der Waals surface area contributed by atoms with Gasteiger partial charge in [-0.25, -0.2) is 0 Å². The lowest BCUT2D eigenvalue weighted by atomic mass is 9.94. The van der Waals surface area contributed by atoms with E-state index in [1.807, 2.05) is 7.05 Å². The third kappa shape index (κ3) is 3.63. The fraction of sp³-hybridized carbons (Fsp3) is 0.625. The Labute approximate surface area is 116 Å². The van der Waals surface area contributed by atoms with Crippen LogP contribution >= 0.6 is 0 Å². The van der Waals surface area contributed by atoms with Crippen molar-refractivity contribution < 1.29 is 4.74 Å². The van der Waals surface area contributed by atoms with Crippen LogP contribution in [0.4, 0.5) is 5.69 Å². The fourth-order valence-electron chi connectivity index (χ4n) is 2.92. The summed E-state index contributed by atoms with van der Waals surface area (Å²) in [6.07, 6.45) is 3.90. The van der Waals surface area contributed by atoms with E-state index >= 15 is 0 Å². The van der Waals surface area contributed by atoms with Crippen LogP contribution in [0, 0.1) is 12.8 Å². The van der Waals surface area contributed by atoms with Gasteiger partial charge in [-0.1, -0.05) is 6.07 Å². The molecule has 1 heterocycles. The maximum Gasteiger partial charge on any atom is 0.142 e. The highest BCUT2D eigenvalue weighted by atomic mass is 16.5. The predicted octanol–water partition coefficient (Wildman–Crippen LogP) is 2.83. The van der Waals surface area contributed by atoms with Crippen LogP contribution in [-0.4, -0.2) is 33.8 Å². The van der Waals surface area contributed by atoms with Gasteiger partial charge in [-0.15, -0.1) is 0 Å². The lowest BCUT2D eigenvalue weighted by Crippen LogP contribution is -2.36. The van der Waals surface area contributed by atoms with Crippen LogP contribution in [0.5, 0.6) is 5.75 Å². The molecule has 1 atom stereocenters. The molecule has 1 aromatic rings. The van der Waals surface area contributed by atoms with Crippen molar-refractivity contribution >= 4 is 5.69 Å². The summed E-state index contributed by atoms with van der Waals surface area (Å²) in [5.41, 5.74) is 2.56. The number of nitrogens with zero attached hydrogens (tertiary/aromatic N) is 1. The van der Waals surface area contributed by atoms with Gasteiger partial charge in [-0.3, -0.25) is 0 Å². The van der Waals surface area contributed by atoms with E-state index in [1.165, 1.54) is 30.5 Å². The topological polar surface area (TPSA) is 24.5 Å². The van der Waals surface area contributed by atoms with Crippen LogP contribution in [0.3, 0.4) is 0 Å². The first-order valence-corrected chi connectivity index (χ1v) is 7.28. The number of piperidine rings is 1. The fourth-order valence-corrected chi connectivity index (χ4v) is 2.92. The molecule has 1 fully saturated rings. The van der Waals surface area contributed by atoms with Crippen molar-refractivity contribution in [3.05, 3.63) is 23.8 Å². The first-order chi connectivity index (χ1) is 9.24. The second-order valence-electron chi connectivity index (χ2n) is 5.52. The number of hydrogen-bond donors (Lipinski definition) is 1. The van der Waals surface area contributed by atoms with E-state index in [-0.39, 0.29) is 0 Å². The molecule has 0 saturated carbocycles.